The van der Waals surface area contributed by atoms with Crippen molar-refractivity contribution in [3.05, 3.63) is 130 Å². The molecular weight excluding hydrogens is 1150 g/mol. The number of ether oxygens (including phenoxy) is 3. The molecule has 458 valence electrons. The molecule has 5 aromatic rings. The Labute approximate surface area is 512 Å². The molecule has 2 N–H and O–H groups in total. The number of para-hydroxylation sites is 2. The summed E-state index contributed by atoms with van der Waals surface area (Å²) in [5.74, 6) is -1.05. The van der Waals surface area contributed by atoms with Crippen LogP contribution in [0.25, 0.3) is 0 Å². The molecule has 0 radical (unpaired) electrons. The summed E-state index contributed by atoms with van der Waals surface area (Å²) in [6.07, 6.45) is 2.09. The minimum absolute atomic E-state index is 0.0177. The molecule has 21 heteroatoms. The van der Waals surface area contributed by atoms with Crippen LogP contribution in [0.3, 0.4) is 0 Å². The standard InChI is InChI=1S/C65H78N6O12S3/c1-12-55(72)60(86(78,79)81-11)25-40(4)84-85-65(6,7)22-21-61(74)66-41(5)56(73)24-39(3)62(75)67-46-27-42(36-82-57-32-53-49(23-38(57)2)63(76)70-47(34-68(53)8)29-44-17-13-15-19-51(44)70)26-43(28-46)37-83-59-33-54-50(31-58(59)80-10)64(77)71-48(35-69(54)9)30-45-18-14-16-20-52(45)71/h13-20,23,26-28,31-33,39-41,47-48,60H,12,21-22,24-25,29-30,34-37H2,1-11H3,(H,66,74)(H,67,75)/t39-,40?,41+,47+,48+,60?/m1/s1. The Bertz CT molecular complexity index is 3560. The molecule has 6 atom stereocenters. The highest BCUT2D eigenvalue weighted by molar-refractivity contribution is 8.77. The summed E-state index contributed by atoms with van der Waals surface area (Å²) in [5, 5.41) is 4.36. The van der Waals surface area contributed by atoms with Crippen LogP contribution in [-0.2, 0) is 59.5 Å². The van der Waals surface area contributed by atoms with Gasteiger partial charge < -0.3 is 44.4 Å². The average Bonchev–Trinajstić information content (AvgIpc) is 1.75. The Morgan fingerprint density at radius 3 is 1.83 bits per heavy atom. The topological polar surface area (TPSA) is 210 Å². The van der Waals surface area contributed by atoms with Crippen LogP contribution in [0.4, 0.5) is 28.4 Å². The van der Waals surface area contributed by atoms with Crippen molar-refractivity contribution in [1.29, 1.82) is 0 Å². The van der Waals surface area contributed by atoms with Gasteiger partial charge in [-0.05, 0) is 124 Å². The Morgan fingerprint density at radius 1 is 0.721 bits per heavy atom. The lowest BCUT2D eigenvalue weighted by Gasteiger charge is -2.26. The van der Waals surface area contributed by atoms with Gasteiger partial charge in [0.25, 0.3) is 21.9 Å². The first kappa shape index (κ1) is 63.4. The van der Waals surface area contributed by atoms with E-state index >= 15 is 0 Å². The number of aryl methyl sites for hydroxylation is 1. The van der Waals surface area contributed by atoms with Gasteiger partial charge in [0.05, 0.1) is 54.8 Å². The second-order valence-corrected chi connectivity index (χ2v) is 28.9. The molecule has 4 aliphatic rings. The van der Waals surface area contributed by atoms with E-state index in [1.807, 2.05) is 118 Å². The van der Waals surface area contributed by atoms with E-state index in [2.05, 4.69) is 36.7 Å². The number of hydrogen-bond donors (Lipinski definition) is 2. The van der Waals surface area contributed by atoms with Crippen molar-refractivity contribution in [2.45, 2.75) is 140 Å². The predicted molar refractivity (Wildman–Crippen MR) is 340 cm³/mol. The van der Waals surface area contributed by atoms with E-state index in [9.17, 15) is 37.2 Å². The van der Waals surface area contributed by atoms with Gasteiger partial charge in [0, 0.05) is 91.6 Å². The van der Waals surface area contributed by atoms with E-state index in [0.29, 0.717) is 70.4 Å². The van der Waals surface area contributed by atoms with E-state index in [-0.39, 0.29) is 79.7 Å². The maximum absolute atomic E-state index is 14.3. The normalized spacial score (nSPS) is 17.6. The van der Waals surface area contributed by atoms with Crippen LogP contribution >= 0.6 is 21.6 Å². The van der Waals surface area contributed by atoms with Gasteiger partial charge in [-0.25, -0.2) is 0 Å². The predicted octanol–water partition coefficient (Wildman–Crippen LogP) is 10.3. The molecule has 0 aliphatic carbocycles. The van der Waals surface area contributed by atoms with Crippen molar-refractivity contribution in [3.63, 3.8) is 0 Å². The van der Waals surface area contributed by atoms with Crippen molar-refractivity contribution >= 4 is 95.3 Å². The number of ketones is 2. The Hall–Kier alpha value is -7.07. The lowest BCUT2D eigenvalue weighted by Crippen LogP contribution is -2.41. The Balaban J connectivity index is 0.879. The molecule has 0 fully saturated rings. The van der Waals surface area contributed by atoms with E-state index < -0.39 is 43.8 Å². The zero-order chi connectivity index (χ0) is 61.9. The molecular formula is C65H78N6O12S3. The molecule has 0 bridgehead atoms. The van der Waals surface area contributed by atoms with Crippen molar-refractivity contribution < 1.29 is 55.6 Å². The number of amides is 4. The molecule has 4 heterocycles. The summed E-state index contributed by atoms with van der Waals surface area (Å²) in [6.45, 7) is 13.9. The number of likely N-dealkylation sites (N-methyl/N-ethyl adjacent to an activating group) is 2. The van der Waals surface area contributed by atoms with Gasteiger partial charge in [-0.3, -0.25) is 33.0 Å². The Kier molecular flexibility index (Phi) is 19.5. The van der Waals surface area contributed by atoms with E-state index in [0.717, 1.165) is 53.7 Å². The summed E-state index contributed by atoms with van der Waals surface area (Å²) in [7, 11) is 5.45. The maximum Gasteiger partial charge on any atom is 0.277 e. The second kappa shape index (κ2) is 26.5. The number of rotatable bonds is 25. The highest BCUT2D eigenvalue weighted by Crippen LogP contribution is 2.45. The minimum atomic E-state index is -4.04. The number of carbonyl (C=O) groups is 6. The van der Waals surface area contributed by atoms with E-state index in [4.69, 9.17) is 14.2 Å². The first-order chi connectivity index (χ1) is 40.9. The number of nitrogens with one attached hydrogen (secondary N) is 2. The van der Waals surface area contributed by atoms with Crippen molar-refractivity contribution in [1.82, 2.24) is 5.32 Å². The van der Waals surface area contributed by atoms with Crippen molar-refractivity contribution in [2.24, 2.45) is 5.92 Å². The summed E-state index contributed by atoms with van der Waals surface area (Å²) in [6, 6.07) is 28.0. The Morgan fingerprint density at radius 2 is 1.27 bits per heavy atom. The number of fused-ring (bicyclic) bond motifs is 8. The fraction of sp³-hybridized carbons (Fsp3) is 0.446. The second-order valence-electron chi connectivity index (χ2n) is 23.7. The van der Waals surface area contributed by atoms with Gasteiger partial charge in [0.1, 0.15) is 24.2 Å². The van der Waals surface area contributed by atoms with Gasteiger partial charge in [-0.2, -0.15) is 8.42 Å². The van der Waals surface area contributed by atoms with Gasteiger partial charge in [0.2, 0.25) is 11.8 Å². The molecule has 9 rings (SSSR count). The number of Topliss-reactive ketones (excluding diaryl/α,β-unsaturated/α-hetero) is 2. The van der Waals surface area contributed by atoms with Gasteiger partial charge in [-0.15, -0.1) is 0 Å². The summed E-state index contributed by atoms with van der Waals surface area (Å²) in [5.41, 5.74) is 9.27. The molecule has 0 saturated carbocycles. The first-order valence-electron chi connectivity index (χ1n) is 29.2. The monoisotopic (exact) mass is 1230 g/mol. The lowest BCUT2D eigenvalue weighted by atomic mass is 9.99. The van der Waals surface area contributed by atoms with E-state index in [1.165, 1.54) is 28.7 Å². The smallest absolute Gasteiger partial charge is 0.277 e. The number of anilines is 5. The minimum Gasteiger partial charge on any atom is -0.493 e. The lowest BCUT2D eigenvalue weighted by molar-refractivity contribution is -0.129. The molecule has 5 aromatic carbocycles. The third kappa shape index (κ3) is 14.0. The molecule has 4 amide bonds. The summed E-state index contributed by atoms with van der Waals surface area (Å²) >= 11 is 0. The fourth-order valence-corrected chi connectivity index (χ4v) is 15.8. The number of nitrogens with zero attached hydrogens (tertiary/aromatic N) is 4. The zero-order valence-electron chi connectivity index (χ0n) is 50.8. The zero-order valence-corrected chi connectivity index (χ0v) is 53.3. The molecule has 0 aromatic heterocycles. The molecule has 2 unspecified atom stereocenters. The summed E-state index contributed by atoms with van der Waals surface area (Å²) in [4.78, 5) is 90.0. The van der Waals surface area contributed by atoms with Gasteiger partial charge in [-0.1, -0.05) is 78.8 Å². The largest absolute Gasteiger partial charge is 0.493 e. The first-order valence-corrected chi connectivity index (χ1v) is 32.9. The summed E-state index contributed by atoms with van der Waals surface area (Å²) < 4.78 is 48.2. The molecule has 86 heavy (non-hydrogen) atoms. The van der Waals surface area contributed by atoms with Gasteiger partial charge in [0.15, 0.2) is 23.1 Å². The van der Waals surface area contributed by atoms with E-state index in [1.54, 1.807) is 32.9 Å². The number of hydrogen-bond acceptors (Lipinski definition) is 16. The third-order valence-electron chi connectivity index (χ3n) is 16.6. The quantitative estimate of drug-likeness (QED) is 0.0411. The maximum atomic E-state index is 14.3. The molecule has 18 nitrogen and oxygen atoms in total. The van der Waals surface area contributed by atoms with Crippen molar-refractivity contribution in [3.8, 4) is 17.2 Å². The van der Waals surface area contributed by atoms with Crippen LogP contribution in [0.15, 0.2) is 91.0 Å². The number of methoxy groups -OCH3 is 1. The highest BCUT2D eigenvalue weighted by Gasteiger charge is 2.41. The van der Waals surface area contributed by atoms with Crippen LogP contribution in [0, 0.1) is 12.8 Å². The molecule has 0 saturated heterocycles. The molecule has 4 aliphatic heterocycles. The highest BCUT2D eigenvalue weighted by atomic mass is 33.1. The number of carbonyl (C=O) groups excluding carboxylic acids is 6. The van der Waals surface area contributed by atoms with Crippen LogP contribution in [0.2, 0.25) is 0 Å². The SMILES string of the molecule is CCC(=O)C(CC(C)SSC(C)(C)CCC(=O)N[C@@H](C)C(=O)C[C@@H](C)C(=O)Nc1cc(COc2cc3c(cc2C)C(=O)N2c4ccccc4C[C@H]2CN3C)cc(COc2cc3c(cc2OC)C(=O)N2c4ccccc4C[C@H]2CN3C)c1)S(=O)(=O)OC. The molecule has 0 spiro atoms. The van der Waals surface area contributed by atoms with Gasteiger partial charge >= 0.3 is 0 Å². The average molecular weight is 1230 g/mol. The van der Waals surface area contributed by atoms with Crippen LogP contribution in [0.1, 0.15) is 122 Å². The third-order valence-corrected chi connectivity index (χ3v) is 22.1. The number of benzene rings is 5. The fourth-order valence-electron chi connectivity index (χ4n) is 11.8. The van der Waals surface area contributed by atoms with Crippen molar-refractivity contribution in [2.75, 3.05) is 66.3 Å². The van der Waals surface area contributed by atoms with Crippen LogP contribution < -0.4 is 44.4 Å². The van der Waals surface area contributed by atoms with Crippen LogP contribution in [0.5, 0.6) is 17.2 Å². The van der Waals surface area contributed by atoms with Crippen LogP contribution in [-0.4, -0.2) is 118 Å².